The Kier molecular flexibility index (Phi) is 9.04. The average molecular weight is 427 g/mol. The molecule has 152 valence electrons. The number of ether oxygens (including phenoxy) is 2. The summed E-state index contributed by atoms with van der Waals surface area (Å²) in [6.07, 6.45) is 2.43. The molecule has 0 spiro atoms. The Morgan fingerprint density at radius 3 is 2.25 bits per heavy atom. The van der Waals surface area contributed by atoms with Crippen molar-refractivity contribution in [1.29, 1.82) is 0 Å². The highest BCUT2D eigenvalue weighted by Gasteiger charge is 2.09. The van der Waals surface area contributed by atoms with Crippen LogP contribution in [0.3, 0.4) is 0 Å². The molecule has 0 unspecified atom stereocenters. The average Bonchev–Trinajstić information content (AvgIpc) is 2.65. The number of benzene rings is 2. The molecule has 0 heterocycles. The zero-order chi connectivity index (χ0) is 20.4. The predicted molar refractivity (Wildman–Crippen MR) is 112 cm³/mol. The van der Waals surface area contributed by atoms with Crippen molar-refractivity contribution in [3.63, 3.8) is 0 Å². The summed E-state index contributed by atoms with van der Waals surface area (Å²) < 4.78 is 11.3. The molecule has 0 fully saturated rings. The van der Waals surface area contributed by atoms with Crippen LogP contribution in [0.4, 0.5) is 10.5 Å². The van der Waals surface area contributed by atoms with Gasteiger partial charge in [0.15, 0.2) is 5.75 Å². The third kappa shape index (κ3) is 7.37. The molecule has 0 saturated heterocycles. The number of carbonyl (C=O) groups is 1. The Labute approximate surface area is 174 Å². The quantitative estimate of drug-likeness (QED) is 0.440. The summed E-state index contributed by atoms with van der Waals surface area (Å²) in [5.41, 5.74) is 0.706. The summed E-state index contributed by atoms with van der Waals surface area (Å²) in [7, 11) is 0. The summed E-state index contributed by atoms with van der Waals surface area (Å²) in [5, 5.41) is 15.5. The molecule has 0 aromatic heterocycles. The van der Waals surface area contributed by atoms with E-state index in [1.165, 1.54) is 12.1 Å². The maximum Gasteiger partial charge on any atom is 0.319 e. The third-order valence-corrected chi connectivity index (χ3v) is 4.25. The second kappa shape index (κ2) is 11.5. The summed E-state index contributed by atoms with van der Waals surface area (Å²) in [6.45, 7) is 3.60. The molecule has 0 aliphatic heterocycles. The van der Waals surface area contributed by atoms with E-state index in [-0.39, 0.29) is 21.8 Å². The summed E-state index contributed by atoms with van der Waals surface area (Å²) in [5.74, 6) is 1.09. The first-order valence-corrected chi connectivity index (χ1v) is 9.83. The van der Waals surface area contributed by atoms with E-state index in [0.717, 1.165) is 25.0 Å². The van der Waals surface area contributed by atoms with E-state index in [1.807, 2.05) is 19.1 Å². The fourth-order valence-corrected chi connectivity index (χ4v) is 2.89. The highest BCUT2D eigenvalue weighted by atomic mass is 35.5. The van der Waals surface area contributed by atoms with Gasteiger partial charge in [-0.2, -0.15) is 0 Å². The fraction of sp³-hybridized carbons (Fsp3) is 0.350. The van der Waals surface area contributed by atoms with Crippen molar-refractivity contribution in [3.05, 3.63) is 46.4 Å². The summed E-state index contributed by atoms with van der Waals surface area (Å²) >= 11 is 12.0. The first-order chi connectivity index (χ1) is 13.5. The molecule has 2 aromatic carbocycles. The van der Waals surface area contributed by atoms with Crippen LogP contribution in [-0.4, -0.2) is 30.9 Å². The molecule has 2 rings (SSSR count). The van der Waals surface area contributed by atoms with Crippen LogP contribution in [-0.2, 0) is 0 Å². The van der Waals surface area contributed by atoms with Crippen molar-refractivity contribution in [2.24, 2.45) is 0 Å². The van der Waals surface area contributed by atoms with Gasteiger partial charge in [0.2, 0.25) is 0 Å². The van der Waals surface area contributed by atoms with Gasteiger partial charge in [-0.3, -0.25) is 0 Å². The number of halogens is 2. The number of hydrogen-bond acceptors (Lipinski definition) is 4. The summed E-state index contributed by atoms with van der Waals surface area (Å²) in [4.78, 5) is 11.6. The number of unbranched alkanes of at least 4 members (excludes halogenated alkanes) is 1. The van der Waals surface area contributed by atoms with Gasteiger partial charge in [0.25, 0.3) is 0 Å². The van der Waals surface area contributed by atoms with Crippen LogP contribution in [0.1, 0.15) is 26.2 Å². The van der Waals surface area contributed by atoms with Gasteiger partial charge in [0.05, 0.1) is 23.3 Å². The number of rotatable bonds is 10. The van der Waals surface area contributed by atoms with Crippen LogP contribution in [0.15, 0.2) is 36.4 Å². The van der Waals surface area contributed by atoms with Crippen molar-refractivity contribution in [2.45, 2.75) is 26.2 Å². The van der Waals surface area contributed by atoms with E-state index < -0.39 is 0 Å². The summed E-state index contributed by atoms with van der Waals surface area (Å²) in [6, 6.07) is 9.75. The zero-order valence-electron chi connectivity index (χ0n) is 15.6. The number of carbonyl (C=O) groups excluding carboxylic acids is 1. The molecule has 0 radical (unpaired) electrons. The van der Waals surface area contributed by atoms with Crippen molar-refractivity contribution in [2.75, 3.05) is 25.1 Å². The number of nitrogens with one attached hydrogen (secondary N) is 2. The maximum atomic E-state index is 11.6. The minimum atomic E-state index is -0.218. The number of anilines is 1. The van der Waals surface area contributed by atoms with Crippen LogP contribution >= 0.6 is 23.2 Å². The Balaban J connectivity index is 1.65. The molecule has 0 atom stereocenters. The number of phenols is 1. The lowest BCUT2D eigenvalue weighted by atomic mass is 10.3. The lowest BCUT2D eigenvalue weighted by Gasteiger charge is -2.11. The van der Waals surface area contributed by atoms with E-state index in [4.69, 9.17) is 32.7 Å². The van der Waals surface area contributed by atoms with Crippen LogP contribution in [0, 0.1) is 0 Å². The largest absolute Gasteiger partial charge is 0.508 e. The van der Waals surface area contributed by atoms with Crippen LogP contribution in [0.25, 0.3) is 0 Å². The lowest BCUT2D eigenvalue weighted by molar-refractivity contribution is 0.252. The molecular weight excluding hydrogens is 403 g/mol. The van der Waals surface area contributed by atoms with Gasteiger partial charge in [-0.05, 0) is 43.5 Å². The second-order valence-corrected chi connectivity index (χ2v) is 6.86. The van der Waals surface area contributed by atoms with Gasteiger partial charge < -0.3 is 25.2 Å². The maximum absolute atomic E-state index is 11.6. The van der Waals surface area contributed by atoms with Gasteiger partial charge >= 0.3 is 6.03 Å². The van der Waals surface area contributed by atoms with E-state index >= 15 is 0 Å². The van der Waals surface area contributed by atoms with E-state index in [0.29, 0.717) is 31.2 Å². The first kappa shape index (κ1) is 22.0. The number of urea groups is 1. The standard InChI is InChI=1S/C20H24Cl2N2O4/c1-2-9-23-20(26)24-14-5-7-16(8-6-14)27-10-3-4-11-28-19-17(21)12-15(25)13-18(19)22/h5-8,12-13,25H,2-4,9-11H2,1H3,(H2,23,24,26). The molecule has 0 aliphatic carbocycles. The minimum Gasteiger partial charge on any atom is -0.508 e. The number of phenolic OH excluding ortho intramolecular Hbond substituents is 1. The van der Waals surface area contributed by atoms with Crippen molar-refractivity contribution < 1.29 is 19.4 Å². The van der Waals surface area contributed by atoms with Crippen molar-refractivity contribution in [3.8, 4) is 17.2 Å². The Morgan fingerprint density at radius 1 is 1.04 bits per heavy atom. The monoisotopic (exact) mass is 426 g/mol. The molecule has 2 amide bonds. The number of aromatic hydroxyl groups is 1. The predicted octanol–water partition coefficient (Wildman–Crippen LogP) is 5.47. The molecule has 0 saturated carbocycles. The smallest absolute Gasteiger partial charge is 0.319 e. The Bertz CT molecular complexity index is 746. The molecule has 28 heavy (non-hydrogen) atoms. The van der Waals surface area contributed by atoms with E-state index in [2.05, 4.69) is 10.6 Å². The number of amides is 2. The highest BCUT2D eigenvalue weighted by Crippen LogP contribution is 2.36. The fourth-order valence-electron chi connectivity index (χ4n) is 2.30. The van der Waals surface area contributed by atoms with Crippen LogP contribution in [0.5, 0.6) is 17.2 Å². The highest BCUT2D eigenvalue weighted by molar-refractivity contribution is 6.37. The second-order valence-electron chi connectivity index (χ2n) is 6.05. The molecule has 0 aliphatic rings. The number of hydrogen-bond donors (Lipinski definition) is 3. The SMILES string of the molecule is CCCNC(=O)Nc1ccc(OCCCCOc2c(Cl)cc(O)cc2Cl)cc1. The molecular formula is C20H24Cl2N2O4. The molecule has 6 nitrogen and oxygen atoms in total. The van der Waals surface area contributed by atoms with Gasteiger partial charge in [-0.15, -0.1) is 0 Å². The molecule has 0 bridgehead atoms. The first-order valence-electron chi connectivity index (χ1n) is 9.08. The van der Waals surface area contributed by atoms with Crippen LogP contribution in [0.2, 0.25) is 10.0 Å². The molecule has 3 N–H and O–H groups in total. The lowest BCUT2D eigenvalue weighted by Crippen LogP contribution is -2.29. The van der Waals surface area contributed by atoms with Crippen molar-refractivity contribution >= 4 is 34.9 Å². The van der Waals surface area contributed by atoms with Gasteiger partial charge in [0.1, 0.15) is 11.5 Å². The van der Waals surface area contributed by atoms with Crippen LogP contribution < -0.4 is 20.1 Å². The zero-order valence-corrected chi connectivity index (χ0v) is 17.1. The van der Waals surface area contributed by atoms with Gasteiger partial charge in [0, 0.05) is 24.4 Å². The van der Waals surface area contributed by atoms with E-state index in [1.54, 1.807) is 12.1 Å². The van der Waals surface area contributed by atoms with Gasteiger partial charge in [-0.1, -0.05) is 30.1 Å². The Morgan fingerprint density at radius 2 is 1.64 bits per heavy atom. The third-order valence-electron chi connectivity index (χ3n) is 3.68. The van der Waals surface area contributed by atoms with Gasteiger partial charge in [-0.25, -0.2) is 4.79 Å². The molecule has 8 heteroatoms. The van der Waals surface area contributed by atoms with Crippen molar-refractivity contribution in [1.82, 2.24) is 5.32 Å². The minimum absolute atomic E-state index is 0.00134. The topological polar surface area (TPSA) is 79.8 Å². The molecule has 2 aromatic rings. The van der Waals surface area contributed by atoms with E-state index in [9.17, 15) is 9.90 Å². The Hall–Kier alpha value is -2.31. The normalized spacial score (nSPS) is 10.4.